The van der Waals surface area contributed by atoms with Crippen LogP contribution in [0, 0.1) is 6.17 Å². The van der Waals surface area contributed by atoms with Crippen molar-refractivity contribution in [2.75, 3.05) is 14.2 Å². The summed E-state index contributed by atoms with van der Waals surface area (Å²) >= 11 is 3.30. The van der Waals surface area contributed by atoms with Gasteiger partial charge in [0.05, 0.1) is 19.8 Å². The second-order valence-electron chi connectivity index (χ2n) is 4.48. The van der Waals surface area contributed by atoms with Gasteiger partial charge in [-0.1, -0.05) is 22.0 Å². The molecule has 0 spiro atoms. The molecule has 23 heavy (non-hydrogen) atoms. The predicted octanol–water partition coefficient (Wildman–Crippen LogP) is 2.62. The van der Waals surface area contributed by atoms with Crippen LogP contribution in [0.1, 0.15) is 15.9 Å². The Kier molecular flexibility index (Phi) is 5.86. The SMILES string of the molecule is COc1ccc([C-](N)NOC(=O)c2ccc(Br)cc2)cc1OC. The van der Waals surface area contributed by atoms with Crippen LogP contribution in [0.15, 0.2) is 46.9 Å². The largest absolute Gasteiger partial charge is 0.506 e. The summed E-state index contributed by atoms with van der Waals surface area (Å²) in [5.74, 6) is 0.561. The maximum absolute atomic E-state index is 11.9. The number of methoxy groups -OCH3 is 2. The van der Waals surface area contributed by atoms with Crippen LogP contribution in [0.25, 0.3) is 0 Å². The molecule has 0 saturated heterocycles. The average molecular weight is 380 g/mol. The standard InChI is InChI=1S/C16H16BrN2O4/c1-21-13-8-5-11(9-14(13)22-2)15(18)19-23-16(20)10-3-6-12(17)7-4-10/h3-9,19H,18H2,1-2H3/q-1. The summed E-state index contributed by atoms with van der Waals surface area (Å²) in [6, 6.07) is 11.9. The van der Waals surface area contributed by atoms with Crippen molar-refractivity contribution in [1.29, 1.82) is 0 Å². The normalized spacial score (nSPS) is 10.1. The molecule has 0 saturated carbocycles. The molecule has 0 aliphatic rings. The van der Waals surface area contributed by atoms with E-state index in [1.54, 1.807) is 49.6 Å². The number of nitrogens with two attached hydrogens (primary N) is 1. The molecule has 2 aromatic carbocycles. The van der Waals surface area contributed by atoms with E-state index < -0.39 is 5.97 Å². The summed E-state index contributed by atoms with van der Waals surface area (Å²) < 4.78 is 11.2. The Morgan fingerprint density at radius 3 is 2.35 bits per heavy atom. The molecule has 0 fully saturated rings. The molecule has 0 bridgehead atoms. The molecular weight excluding hydrogens is 364 g/mol. The van der Waals surface area contributed by atoms with Crippen LogP contribution < -0.4 is 20.7 Å². The van der Waals surface area contributed by atoms with E-state index in [0.717, 1.165) is 4.47 Å². The lowest BCUT2D eigenvalue weighted by Gasteiger charge is -2.23. The van der Waals surface area contributed by atoms with E-state index in [4.69, 9.17) is 20.0 Å². The van der Waals surface area contributed by atoms with E-state index in [-0.39, 0.29) is 6.17 Å². The summed E-state index contributed by atoms with van der Waals surface area (Å²) in [5.41, 5.74) is 9.33. The second-order valence-corrected chi connectivity index (χ2v) is 5.40. The van der Waals surface area contributed by atoms with E-state index in [9.17, 15) is 4.79 Å². The maximum atomic E-state index is 11.9. The monoisotopic (exact) mass is 379 g/mol. The zero-order valence-corrected chi connectivity index (χ0v) is 14.2. The van der Waals surface area contributed by atoms with E-state index in [0.29, 0.717) is 22.6 Å². The first-order valence-corrected chi connectivity index (χ1v) is 7.42. The van der Waals surface area contributed by atoms with Crippen molar-refractivity contribution in [2.45, 2.75) is 0 Å². The zero-order chi connectivity index (χ0) is 16.8. The molecule has 122 valence electrons. The Morgan fingerprint density at radius 1 is 1.09 bits per heavy atom. The van der Waals surface area contributed by atoms with Gasteiger partial charge in [0.15, 0.2) is 0 Å². The summed E-state index contributed by atoms with van der Waals surface area (Å²) in [5, 5.41) is 0. The van der Waals surface area contributed by atoms with Gasteiger partial charge in [0.2, 0.25) is 0 Å². The minimum atomic E-state index is -0.541. The van der Waals surface area contributed by atoms with Gasteiger partial charge < -0.3 is 20.0 Å². The van der Waals surface area contributed by atoms with Crippen molar-refractivity contribution >= 4 is 21.9 Å². The third-order valence-electron chi connectivity index (χ3n) is 3.03. The van der Waals surface area contributed by atoms with Gasteiger partial charge in [0, 0.05) is 4.47 Å². The first-order chi connectivity index (χ1) is 11.0. The van der Waals surface area contributed by atoms with Crippen molar-refractivity contribution in [1.82, 2.24) is 5.48 Å². The Hall–Kier alpha value is -2.22. The minimum absolute atomic E-state index is 0.177. The third-order valence-corrected chi connectivity index (χ3v) is 3.56. The molecule has 0 radical (unpaired) electrons. The molecule has 0 atom stereocenters. The van der Waals surface area contributed by atoms with Crippen LogP contribution in [0.5, 0.6) is 11.5 Å². The number of rotatable bonds is 6. The molecule has 3 N–H and O–H groups in total. The molecule has 6 nitrogen and oxygen atoms in total. The lowest BCUT2D eigenvalue weighted by molar-refractivity contribution is 0.0280. The van der Waals surface area contributed by atoms with Gasteiger partial charge in [-0.05, 0) is 30.4 Å². The summed E-state index contributed by atoms with van der Waals surface area (Å²) in [7, 11) is 3.07. The Morgan fingerprint density at radius 2 is 1.74 bits per heavy atom. The Labute approximate surface area is 142 Å². The van der Waals surface area contributed by atoms with Gasteiger partial charge >= 0.3 is 5.97 Å². The van der Waals surface area contributed by atoms with Gasteiger partial charge in [-0.15, -0.1) is 6.07 Å². The van der Waals surface area contributed by atoms with Crippen LogP contribution in [0.2, 0.25) is 0 Å². The molecule has 0 unspecified atom stereocenters. The smallest absolute Gasteiger partial charge is 0.356 e. The lowest BCUT2D eigenvalue weighted by atomic mass is 10.1. The Balaban J connectivity index is 2.00. The fourth-order valence-corrected chi connectivity index (χ4v) is 2.07. The number of hydroxylamine groups is 1. The molecule has 2 aromatic rings. The van der Waals surface area contributed by atoms with Gasteiger partial charge in [-0.25, -0.2) is 4.79 Å². The summed E-state index contributed by atoms with van der Waals surface area (Å²) in [6.45, 7) is 0. The van der Waals surface area contributed by atoms with Gasteiger partial charge in [0.25, 0.3) is 0 Å². The number of hydrogen-bond acceptors (Lipinski definition) is 6. The number of ether oxygens (including phenoxy) is 2. The first kappa shape index (κ1) is 17.1. The van der Waals surface area contributed by atoms with E-state index in [1.807, 2.05) is 0 Å². The third kappa shape index (κ3) is 4.38. The highest BCUT2D eigenvalue weighted by Crippen LogP contribution is 2.28. The molecule has 2 rings (SSSR count). The molecule has 0 aliphatic heterocycles. The molecular formula is C16H16BrN2O4-. The highest BCUT2D eigenvalue weighted by Gasteiger charge is 2.09. The van der Waals surface area contributed by atoms with Gasteiger partial charge in [-0.2, -0.15) is 17.1 Å². The number of carbonyl (C=O) groups excluding carboxylic acids is 1. The number of benzene rings is 2. The predicted molar refractivity (Wildman–Crippen MR) is 88.8 cm³/mol. The fourth-order valence-electron chi connectivity index (χ4n) is 1.81. The molecule has 7 heteroatoms. The van der Waals surface area contributed by atoms with E-state index >= 15 is 0 Å². The van der Waals surface area contributed by atoms with Crippen molar-refractivity contribution in [3.63, 3.8) is 0 Å². The van der Waals surface area contributed by atoms with E-state index in [2.05, 4.69) is 21.4 Å². The van der Waals surface area contributed by atoms with Crippen LogP contribution in [-0.4, -0.2) is 20.2 Å². The summed E-state index contributed by atoms with van der Waals surface area (Å²) in [6.07, 6.45) is 0.177. The average Bonchev–Trinajstić information content (AvgIpc) is 2.59. The van der Waals surface area contributed by atoms with Crippen LogP contribution in [0.3, 0.4) is 0 Å². The van der Waals surface area contributed by atoms with Gasteiger partial charge in [0.1, 0.15) is 11.5 Å². The summed E-state index contributed by atoms with van der Waals surface area (Å²) in [4.78, 5) is 16.9. The lowest BCUT2D eigenvalue weighted by Crippen LogP contribution is -2.32. The maximum Gasteiger partial charge on any atom is 0.356 e. The highest BCUT2D eigenvalue weighted by atomic mass is 79.9. The quantitative estimate of drug-likeness (QED) is 0.592. The number of hydrogen-bond donors (Lipinski definition) is 2. The Bertz CT molecular complexity index is 676. The van der Waals surface area contributed by atoms with Crippen molar-refractivity contribution in [3.05, 3.63) is 64.2 Å². The minimum Gasteiger partial charge on any atom is -0.506 e. The van der Waals surface area contributed by atoms with Crippen LogP contribution >= 0.6 is 15.9 Å². The van der Waals surface area contributed by atoms with Crippen molar-refractivity contribution < 1.29 is 19.1 Å². The second kappa shape index (κ2) is 7.87. The van der Waals surface area contributed by atoms with Crippen molar-refractivity contribution in [2.24, 2.45) is 5.73 Å². The number of carbonyl (C=O) groups is 1. The molecule has 0 aliphatic carbocycles. The fraction of sp³-hybridized carbons (Fsp3) is 0.125. The topological polar surface area (TPSA) is 82.8 Å². The number of halogens is 1. The first-order valence-electron chi connectivity index (χ1n) is 6.62. The molecule has 0 aromatic heterocycles. The number of nitrogens with one attached hydrogen (secondary N) is 1. The molecule has 0 heterocycles. The van der Waals surface area contributed by atoms with Crippen LogP contribution in [0.4, 0.5) is 0 Å². The molecule has 0 amide bonds. The van der Waals surface area contributed by atoms with Crippen molar-refractivity contribution in [3.8, 4) is 11.5 Å². The van der Waals surface area contributed by atoms with Crippen LogP contribution in [-0.2, 0) is 4.84 Å². The highest BCUT2D eigenvalue weighted by molar-refractivity contribution is 9.10. The van der Waals surface area contributed by atoms with Gasteiger partial charge in [-0.3, -0.25) is 0 Å². The van der Waals surface area contributed by atoms with E-state index in [1.165, 1.54) is 7.11 Å². The zero-order valence-electron chi connectivity index (χ0n) is 12.6.